The molecule has 0 saturated carbocycles. The third-order valence-corrected chi connectivity index (χ3v) is 4.62. The monoisotopic (exact) mass is 390 g/mol. The Kier molecular flexibility index (Phi) is 5.09. The highest BCUT2D eigenvalue weighted by Gasteiger charge is 2.10. The molecule has 0 fully saturated rings. The van der Waals surface area contributed by atoms with Gasteiger partial charge in [0.25, 0.3) is 5.89 Å². The van der Waals surface area contributed by atoms with Crippen LogP contribution in [0.15, 0.2) is 22.7 Å². The summed E-state index contributed by atoms with van der Waals surface area (Å²) in [5, 5.41) is 13.6. The summed E-state index contributed by atoms with van der Waals surface area (Å²) in [6, 6.07) is 5.32. The molecule has 0 aliphatic rings. The van der Waals surface area contributed by atoms with Gasteiger partial charge in [-0.25, -0.2) is 0 Å². The lowest BCUT2D eigenvalue weighted by Gasteiger charge is -2.00. The van der Waals surface area contributed by atoms with Crippen LogP contribution in [0.25, 0.3) is 11.5 Å². The van der Waals surface area contributed by atoms with E-state index in [1.165, 1.54) is 0 Å². The van der Waals surface area contributed by atoms with Gasteiger partial charge in [-0.1, -0.05) is 19.0 Å². The van der Waals surface area contributed by atoms with Crippen LogP contribution in [0.4, 0.5) is 0 Å². The number of halogens is 1. The molecule has 2 aromatic rings. The number of benzene rings is 1. The lowest BCUT2D eigenvalue weighted by Crippen LogP contribution is -1.92. The highest BCUT2D eigenvalue weighted by atomic mass is 127. The summed E-state index contributed by atoms with van der Waals surface area (Å²) >= 11 is 3.86. The molecule has 0 aliphatic heterocycles. The van der Waals surface area contributed by atoms with Gasteiger partial charge in [-0.05, 0) is 52.5 Å². The Hall–Kier alpha value is -0.760. The predicted molar refractivity (Wildman–Crippen MR) is 85.1 cm³/mol. The third-order valence-electron chi connectivity index (χ3n) is 2.34. The molecule has 0 aliphatic carbocycles. The first kappa shape index (κ1) is 14.6. The van der Waals surface area contributed by atoms with Crippen LogP contribution in [0.2, 0.25) is 0 Å². The van der Waals surface area contributed by atoms with Gasteiger partial charge >= 0.3 is 0 Å². The van der Waals surface area contributed by atoms with E-state index in [0.717, 1.165) is 20.6 Å². The van der Waals surface area contributed by atoms with Crippen molar-refractivity contribution in [3.63, 3.8) is 0 Å². The molecule has 19 heavy (non-hydrogen) atoms. The summed E-state index contributed by atoms with van der Waals surface area (Å²) in [4.78, 5) is 4.34. The molecule has 2 rings (SSSR count). The van der Waals surface area contributed by atoms with E-state index in [1.807, 2.05) is 12.1 Å². The zero-order valence-electron chi connectivity index (χ0n) is 10.8. The zero-order valence-corrected chi connectivity index (χ0v) is 13.7. The molecule has 0 amide bonds. The summed E-state index contributed by atoms with van der Waals surface area (Å²) in [5.41, 5.74) is 0.741. The van der Waals surface area contributed by atoms with Crippen molar-refractivity contribution < 1.29 is 9.63 Å². The topological polar surface area (TPSA) is 59.2 Å². The quantitative estimate of drug-likeness (QED) is 0.784. The fourth-order valence-corrected chi connectivity index (χ4v) is 2.69. The number of phenolic OH excluding ortho intramolecular Hbond substituents is 1. The van der Waals surface area contributed by atoms with Gasteiger partial charge in [0, 0.05) is 5.56 Å². The molecule has 0 atom stereocenters. The third kappa shape index (κ3) is 4.10. The van der Waals surface area contributed by atoms with E-state index >= 15 is 0 Å². The van der Waals surface area contributed by atoms with Crippen LogP contribution in [0.3, 0.4) is 0 Å². The highest BCUT2D eigenvalue weighted by Crippen LogP contribution is 2.26. The van der Waals surface area contributed by atoms with Crippen molar-refractivity contribution in [3.05, 3.63) is 27.6 Å². The molecule has 1 heterocycles. The van der Waals surface area contributed by atoms with E-state index in [2.05, 4.69) is 46.6 Å². The smallest absolute Gasteiger partial charge is 0.258 e. The second-order valence-corrected chi connectivity index (χ2v) is 6.78. The van der Waals surface area contributed by atoms with E-state index in [0.29, 0.717) is 17.6 Å². The van der Waals surface area contributed by atoms with E-state index in [-0.39, 0.29) is 5.75 Å². The molecule has 6 heteroatoms. The van der Waals surface area contributed by atoms with Crippen molar-refractivity contribution >= 4 is 34.4 Å². The van der Waals surface area contributed by atoms with E-state index in [9.17, 15) is 5.11 Å². The summed E-state index contributed by atoms with van der Waals surface area (Å²) < 4.78 is 6.01. The van der Waals surface area contributed by atoms with Crippen LogP contribution < -0.4 is 0 Å². The lowest BCUT2D eigenvalue weighted by molar-refractivity contribution is 0.424. The normalized spacial score (nSPS) is 11.2. The van der Waals surface area contributed by atoms with Gasteiger partial charge in [0.2, 0.25) is 0 Å². The first-order valence-electron chi connectivity index (χ1n) is 5.95. The van der Waals surface area contributed by atoms with Crippen molar-refractivity contribution in [1.82, 2.24) is 10.1 Å². The van der Waals surface area contributed by atoms with E-state index in [4.69, 9.17) is 4.52 Å². The van der Waals surface area contributed by atoms with Crippen LogP contribution in [0.1, 0.15) is 19.7 Å². The summed E-state index contributed by atoms with van der Waals surface area (Å²) in [5.74, 6) is 3.86. The fraction of sp³-hybridized carbons (Fsp3) is 0.385. The van der Waals surface area contributed by atoms with Gasteiger partial charge in [-0.2, -0.15) is 16.7 Å². The van der Waals surface area contributed by atoms with Gasteiger partial charge in [0.05, 0.1) is 9.32 Å². The summed E-state index contributed by atoms with van der Waals surface area (Å²) in [6.45, 7) is 4.37. The number of hydrogen-bond donors (Lipinski definition) is 1. The zero-order chi connectivity index (χ0) is 13.8. The Morgan fingerprint density at radius 1 is 1.42 bits per heavy atom. The van der Waals surface area contributed by atoms with Crippen molar-refractivity contribution in [2.45, 2.75) is 19.6 Å². The molecule has 0 unspecified atom stereocenters. The van der Waals surface area contributed by atoms with Crippen LogP contribution in [-0.4, -0.2) is 21.0 Å². The number of nitrogens with zero attached hydrogens (tertiary/aromatic N) is 2. The van der Waals surface area contributed by atoms with Crippen molar-refractivity contribution in [2.24, 2.45) is 5.92 Å². The molecule has 1 N–H and O–H groups in total. The minimum atomic E-state index is 0.229. The summed E-state index contributed by atoms with van der Waals surface area (Å²) in [6.07, 6.45) is 0. The standard InChI is InChI=1S/C13H15IN2O2S/c1-8(2)6-19-7-12-15-13(18-16-12)9-3-4-10(14)11(17)5-9/h3-5,8,17H,6-7H2,1-2H3. The first-order valence-corrected chi connectivity index (χ1v) is 8.19. The van der Waals surface area contributed by atoms with Gasteiger partial charge in [0.1, 0.15) is 5.75 Å². The number of phenols is 1. The number of rotatable bonds is 5. The SMILES string of the molecule is CC(C)CSCc1noc(-c2ccc(I)c(O)c2)n1. The average Bonchev–Trinajstić information content (AvgIpc) is 2.81. The van der Waals surface area contributed by atoms with Gasteiger partial charge in [-0.15, -0.1) is 0 Å². The fourth-order valence-electron chi connectivity index (χ4n) is 1.46. The molecular formula is C13H15IN2O2S. The van der Waals surface area contributed by atoms with Crippen LogP contribution >= 0.6 is 34.4 Å². The van der Waals surface area contributed by atoms with Gasteiger partial charge < -0.3 is 9.63 Å². The lowest BCUT2D eigenvalue weighted by atomic mass is 10.2. The molecular weight excluding hydrogens is 375 g/mol. The minimum absolute atomic E-state index is 0.229. The van der Waals surface area contributed by atoms with Crippen LogP contribution in [0.5, 0.6) is 5.75 Å². The number of aromatic nitrogens is 2. The molecule has 0 radical (unpaired) electrons. The second kappa shape index (κ2) is 6.60. The molecule has 0 saturated heterocycles. The van der Waals surface area contributed by atoms with Crippen molar-refractivity contribution in [1.29, 1.82) is 0 Å². The van der Waals surface area contributed by atoms with Crippen LogP contribution in [0, 0.1) is 9.49 Å². The molecule has 0 bridgehead atoms. The molecule has 4 nitrogen and oxygen atoms in total. The maximum atomic E-state index is 9.67. The predicted octanol–water partition coefficient (Wildman–Crippen LogP) is 3.94. The Morgan fingerprint density at radius 2 is 2.21 bits per heavy atom. The second-order valence-electron chi connectivity index (χ2n) is 4.59. The Balaban J connectivity index is 2.05. The van der Waals surface area contributed by atoms with E-state index in [1.54, 1.807) is 17.8 Å². The molecule has 1 aromatic heterocycles. The Morgan fingerprint density at radius 3 is 2.89 bits per heavy atom. The maximum absolute atomic E-state index is 9.67. The largest absolute Gasteiger partial charge is 0.507 e. The first-order chi connectivity index (χ1) is 9.06. The Bertz CT molecular complexity index is 557. The van der Waals surface area contributed by atoms with Gasteiger partial charge in [0.15, 0.2) is 5.82 Å². The molecule has 1 aromatic carbocycles. The maximum Gasteiger partial charge on any atom is 0.258 e. The highest BCUT2D eigenvalue weighted by molar-refractivity contribution is 14.1. The van der Waals surface area contributed by atoms with Crippen molar-refractivity contribution in [3.8, 4) is 17.2 Å². The average molecular weight is 390 g/mol. The number of thioether (sulfide) groups is 1. The number of hydrogen-bond acceptors (Lipinski definition) is 5. The molecule has 102 valence electrons. The summed E-state index contributed by atoms with van der Waals surface area (Å²) in [7, 11) is 0. The minimum Gasteiger partial charge on any atom is -0.507 e. The van der Waals surface area contributed by atoms with Crippen LogP contribution in [-0.2, 0) is 5.75 Å². The Labute approximate surface area is 130 Å². The van der Waals surface area contributed by atoms with E-state index < -0.39 is 0 Å². The van der Waals surface area contributed by atoms with Crippen molar-refractivity contribution in [2.75, 3.05) is 5.75 Å². The van der Waals surface area contributed by atoms with Gasteiger partial charge in [-0.3, -0.25) is 0 Å². The molecule has 0 spiro atoms. The number of aromatic hydroxyl groups is 1.